The first-order valence-corrected chi connectivity index (χ1v) is 8.37. The average molecular weight is 370 g/mol. The van der Waals surface area contributed by atoms with Crippen molar-refractivity contribution < 1.29 is 53.8 Å². The van der Waals surface area contributed by atoms with E-state index in [-0.39, 0.29) is 41.9 Å². The first-order valence-electron chi connectivity index (χ1n) is 7.32. The summed E-state index contributed by atoms with van der Waals surface area (Å²) < 4.78 is 5.33. The van der Waals surface area contributed by atoms with E-state index in [1.54, 1.807) is 31.2 Å². The molecule has 126 valence electrons. The van der Waals surface area contributed by atoms with E-state index in [4.69, 9.17) is 4.74 Å². The van der Waals surface area contributed by atoms with Gasteiger partial charge >= 0.3 is 29.6 Å². The molecule has 1 aromatic carbocycles. The van der Waals surface area contributed by atoms with E-state index in [0.717, 1.165) is 0 Å². The van der Waals surface area contributed by atoms with E-state index in [0.29, 0.717) is 17.1 Å². The van der Waals surface area contributed by atoms with E-state index in [1.807, 2.05) is 6.07 Å². The molecule has 0 bridgehead atoms. The van der Waals surface area contributed by atoms with E-state index in [9.17, 15) is 19.5 Å². The number of nitrogens with one attached hydrogen (secondary N) is 1. The van der Waals surface area contributed by atoms with Crippen LogP contribution in [0.4, 0.5) is 0 Å². The molecule has 2 atom stereocenters. The molecule has 1 aromatic rings. The summed E-state index contributed by atoms with van der Waals surface area (Å²) in [6.07, 6.45) is 0. The normalized spacial score (nSPS) is 21.6. The second-order valence-corrected chi connectivity index (χ2v) is 6.58. The molecule has 0 spiro atoms. The molecule has 25 heavy (non-hydrogen) atoms. The Morgan fingerprint density at radius 1 is 1.36 bits per heavy atom. The summed E-state index contributed by atoms with van der Waals surface area (Å²) in [7, 11) is 0. The van der Waals surface area contributed by atoms with E-state index in [2.05, 4.69) is 5.32 Å². The van der Waals surface area contributed by atoms with Gasteiger partial charge in [0.05, 0.1) is 11.7 Å². The first-order chi connectivity index (χ1) is 11.5. The summed E-state index contributed by atoms with van der Waals surface area (Å²) in [4.78, 5) is 36.6. The number of amides is 2. The Bertz CT molecular complexity index is 724. The van der Waals surface area contributed by atoms with Crippen LogP contribution in [0.25, 0.3) is 0 Å². The van der Waals surface area contributed by atoms with Crippen molar-refractivity contribution >= 4 is 29.5 Å². The summed E-state index contributed by atoms with van der Waals surface area (Å²) in [6, 6.07) is 8.11. The van der Waals surface area contributed by atoms with Crippen molar-refractivity contribution in [3.05, 3.63) is 41.6 Å². The van der Waals surface area contributed by atoms with Crippen molar-refractivity contribution in [1.29, 1.82) is 0 Å². The molecule has 7 nitrogen and oxygen atoms in total. The Kier molecular flexibility index (Phi) is 6.56. The number of hydrogen-bond donors (Lipinski definition) is 1. The molecule has 0 aliphatic carbocycles. The van der Waals surface area contributed by atoms with Gasteiger partial charge in [-0.3, -0.25) is 14.5 Å². The molecular weight excluding hydrogens is 355 g/mol. The number of carbonyl (C=O) groups is 3. The van der Waals surface area contributed by atoms with Crippen LogP contribution in [0.15, 0.2) is 41.6 Å². The van der Waals surface area contributed by atoms with E-state index >= 15 is 0 Å². The number of benzene rings is 1. The van der Waals surface area contributed by atoms with Crippen LogP contribution < -0.4 is 44.7 Å². The third-order valence-electron chi connectivity index (χ3n) is 3.78. The maximum atomic E-state index is 12.2. The Hall–Kier alpha value is -1.48. The van der Waals surface area contributed by atoms with Gasteiger partial charge in [0, 0.05) is 5.75 Å². The zero-order valence-corrected chi connectivity index (χ0v) is 16.7. The number of ether oxygens (including phenoxy) is 1. The molecule has 2 amide bonds. The van der Waals surface area contributed by atoms with Crippen LogP contribution in [0.1, 0.15) is 6.92 Å². The first kappa shape index (κ1) is 19.8. The number of thioether (sulfide) groups is 1. The van der Waals surface area contributed by atoms with Crippen molar-refractivity contribution in [2.45, 2.75) is 18.3 Å². The number of β-lactam (4-membered cyclic amide) rings is 1. The number of para-hydroxylation sites is 1. The SMILES string of the molecule is CC1=C(C(=O)[O-])N2C(=O)C(NC(=O)COc3ccccc3)[C@@H]2SC1.[Na+]. The van der Waals surface area contributed by atoms with Crippen LogP contribution in [-0.4, -0.2) is 46.5 Å². The number of aliphatic carboxylic acids is 1. The predicted octanol–water partition coefficient (Wildman–Crippen LogP) is -3.51. The fraction of sp³-hybridized carbons (Fsp3) is 0.312. The van der Waals surface area contributed by atoms with Gasteiger partial charge in [0.1, 0.15) is 17.2 Å². The summed E-state index contributed by atoms with van der Waals surface area (Å²) in [5.41, 5.74) is 0.497. The van der Waals surface area contributed by atoms with Crippen LogP contribution in [0.3, 0.4) is 0 Å². The van der Waals surface area contributed by atoms with Gasteiger partial charge in [-0.05, 0) is 24.6 Å². The van der Waals surface area contributed by atoms with Crippen LogP contribution in [0.2, 0.25) is 0 Å². The summed E-state index contributed by atoms with van der Waals surface area (Å²) in [6.45, 7) is 1.44. The number of nitrogens with zero attached hydrogens (tertiary/aromatic N) is 1. The molecule has 2 aliphatic rings. The van der Waals surface area contributed by atoms with Gasteiger partial charge in [0.2, 0.25) is 0 Å². The monoisotopic (exact) mass is 370 g/mol. The predicted molar refractivity (Wildman–Crippen MR) is 84.7 cm³/mol. The Balaban J connectivity index is 0.00000225. The standard InChI is InChI=1S/C16H16N2O5S.Na/c1-9-8-24-15-12(14(20)18(15)13(9)16(21)22)17-11(19)7-23-10-5-3-2-4-6-10;/h2-6,12,15H,7-8H2,1H3,(H,17,19)(H,21,22);/q;+1/p-1/t12?,15-;/m0./s1. The number of fused-ring (bicyclic) bond motifs is 1. The third kappa shape index (κ3) is 4.03. The maximum absolute atomic E-state index is 12.2. The Morgan fingerprint density at radius 2 is 2.04 bits per heavy atom. The molecular formula is C16H15N2NaO5S. The zero-order chi connectivity index (χ0) is 17.3. The number of carboxylic acid groups (broad SMARTS) is 1. The molecule has 1 unspecified atom stereocenters. The number of hydrogen-bond acceptors (Lipinski definition) is 6. The van der Waals surface area contributed by atoms with Gasteiger partial charge in [-0.1, -0.05) is 18.2 Å². The van der Waals surface area contributed by atoms with Crippen LogP contribution >= 0.6 is 11.8 Å². The largest absolute Gasteiger partial charge is 1.00 e. The number of rotatable bonds is 5. The molecule has 2 heterocycles. The van der Waals surface area contributed by atoms with Crippen LogP contribution in [0.5, 0.6) is 5.75 Å². The Morgan fingerprint density at radius 3 is 2.68 bits per heavy atom. The van der Waals surface area contributed by atoms with Crippen molar-refractivity contribution in [3.63, 3.8) is 0 Å². The molecule has 3 rings (SSSR count). The zero-order valence-electron chi connectivity index (χ0n) is 13.9. The quantitative estimate of drug-likeness (QED) is 0.427. The smallest absolute Gasteiger partial charge is 0.543 e. The molecule has 1 N–H and O–H groups in total. The van der Waals surface area contributed by atoms with Crippen molar-refractivity contribution in [2.24, 2.45) is 0 Å². The molecule has 0 aromatic heterocycles. The van der Waals surface area contributed by atoms with Gasteiger partial charge < -0.3 is 20.0 Å². The fourth-order valence-corrected chi connectivity index (χ4v) is 3.94. The number of carboxylic acids is 1. The van der Waals surface area contributed by atoms with E-state index < -0.39 is 29.2 Å². The summed E-state index contributed by atoms with van der Waals surface area (Å²) in [5, 5.41) is 13.4. The van der Waals surface area contributed by atoms with Crippen LogP contribution in [-0.2, 0) is 14.4 Å². The molecule has 9 heteroatoms. The van der Waals surface area contributed by atoms with Gasteiger partial charge in [0.25, 0.3) is 11.8 Å². The number of carbonyl (C=O) groups excluding carboxylic acids is 3. The van der Waals surface area contributed by atoms with Gasteiger partial charge in [-0.25, -0.2) is 0 Å². The maximum Gasteiger partial charge on any atom is 1.00 e. The minimum absolute atomic E-state index is 0. The average Bonchev–Trinajstić information content (AvgIpc) is 2.58. The minimum Gasteiger partial charge on any atom is -0.543 e. The molecule has 1 fully saturated rings. The fourth-order valence-electron chi connectivity index (χ4n) is 2.64. The van der Waals surface area contributed by atoms with Crippen molar-refractivity contribution in [2.75, 3.05) is 12.4 Å². The topological polar surface area (TPSA) is 98.8 Å². The second-order valence-electron chi connectivity index (χ2n) is 5.47. The second kappa shape index (κ2) is 8.27. The van der Waals surface area contributed by atoms with Crippen molar-refractivity contribution in [1.82, 2.24) is 10.2 Å². The molecule has 0 saturated carbocycles. The van der Waals surface area contributed by atoms with Gasteiger partial charge in [0.15, 0.2) is 6.61 Å². The van der Waals surface area contributed by atoms with Crippen LogP contribution in [0, 0.1) is 0 Å². The third-order valence-corrected chi connectivity index (χ3v) is 5.21. The Labute approximate surface area is 171 Å². The van der Waals surface area contributed by atoms with E-state index in [1.165, 1.54) is 16.7 Å². The molecule has 1 saturated heterocycles. The van der Waals surface area contributed by atoms with Gasteiger partial charge in [-0.2, -0.15) is 0 Å². The summed E-state index contributed by atoms with van der Waals surface area (Å²) in [5.74, 6) is -1.22. The minimum atomic E-state index is -1.37. The molecule has 0 radical (unpaired) electrons. The van der Waals surface area contributed by atoms with Crippen molar-refractivity contribution in [3.8, 4) is 5.75 Å². The summed E-state index contributed by atoms with van der Waals surface area (Å²) >= 11 is 1.41. The van der Waals surface area contributed by atoms with Gasteiger partial charge in [-0.15, -0.1) is 11.8 Å². The molecule has 2 aliphatic heterocycles.